The minimum atomic E-state index is -0.903. The lowest BCUT2D eigenvalue weighted by Crippen LogP contribution is -2.36. The highest BCUT2D eigenvalue weighted by atomic mass is 16.5. The predicted molar refractivity (Wildman–Crippen MR) is 127 cm³/mol. The fraction of sp³-hybridized carbons (Fsp3) is 0.440. The van der Waals surface area contributed by atoms with E-state index in [9.17, 15) is 9.90 Å². The summed E-state index contributed by atoms with van der Waals surface area (Å²) in [5.74, 6) is 1.03. The van der Waals surface area contributed by atoms with Gasteiger partial charge >= 0.3 is 0 Å². The number of nitrogens with zero attached hydrogens (tertiary/aromatic N) is 3. The maximum Gasteiger partial charge on any atom is 0.259 e. The van der Waals surface area contributed by atoms with Crippen LogP contribution in [0.3, 0.4) is 0 Å². The maximum atomic E-state index is 11.1. The highest BCUT2D eigenvalue weighted by molar-refractivity contribution is 5.76. The summed E-state index contributed by atoms with van der Waals surface area (Å²) >= 11 is 0. The zero-order chi connectivity index (χ0) is 24.7. The number of aliphatic hydroxyl groups is 2. The molecule has 0 aliphatic rings. The standard InChI is InChI=1S/C25H32N4O5/c1-5-16-9-19(11-26-21(16)7-3)25-28-24(29-34-25)18-8-15(4)23(17(6-2)10-18)33-14-20(31)12-27-22(32)13-30/h8-11,20,30-31H,5-7,12-14H2,1-4H3,(H,27,32)/t20-/m1/s1. The molecule has 0 bridgehead atoms. The van der Waals surface area contributed by atoms with Crippen LogP contribution in [0, 0.1) is 6.92 Å². The normalized spacial score (nSPS) is 11.9. The number of rotatable bonds is 11. The van der Waals surface area contributed by atoms with Gasteiger partial charge in [0.25, 0.3) is 5.89 Å². The molecule has 2 heterocycles. The number of benzene rings is 1. The number of aromatic nitrogens is 3. The van der Waals surface area contributed by atoms with Crippen LogP contribution in [0.1, 0.15) is 43.2 Å². The number of ether oxygens (including phenoxy) is 1. The molecule has 1 aromatic carbocycles. The first-order valence-electron chi connectivity index (χ1n) is 11.5. The van der Waals surface area contributed by atoms with Crippen LogP contribution in [-0.2, 0) is 24.1 Å². The van der Waals surface area contributed by atoms with E-state index in [0.717, 1.165) is 40.8 Å². The number of aryl methyl sites for hydroxylation is 4. The minimum Gasteiger partial charge on any atom is -0.490 e. The molecule has 0 spiro atoms. The van der Waals surface area contributed by atoms with Gasteiger partial charge in [-0.3, -0.25) is 9.78 Å². The van der Waals surface area contributed by atoms with Gasteiger partial charge in [0.1, 0.15) is 25.1 Å². The molecule has 3 N–H and O–H groups in total. The summed E-state index contributed by atoms with van der Waals surface area (Å²) in [4.78, 5) is 20.3. The van der Waals surface area contributed by atoms with Gasteiger partial charge in [-0.15, -0.1) is 0 Å². The predicted octanol–water partition coefficient (Wildman–Crippen LogP) is 2.64. The Balaban J connectivity index is 1.78. The molecule has 0 unspecified atom stereocenters. The molecular weight excluding hydrogens is 436 g/mol. The van der Waals surface area contributed by atoms with Crippen LogP contribution in [-0.4, -0.2) is 57.1 Å². The largest absolute Gasteiger partial charge is 0.490 e. The van der Waals surface area contributed by atoms with Crippen LogP contribution in [0.2, 0.25) is 0 Å². The molecular formula is C25H32N4O5. The van der Waals surface area contributed by atoms with Crippen molar-refractivity contribution in [2.75, 3.05) is 19.8 Å². The summed E-state index contributed by atoms with van der Waals surface area (Å²) in [6.45, 7) is 7.50. The first-order chi connectivity index (χ1) is 16.4. The van der Waals surface area contributed by atoms with Crippen molar-refractivity contribution in [3.8, 4) is 28.6 Å². The van der Waals surface area contributed by atoms with Crippen LogP contribution in [0.15, 0.2) is 28.9 Å². The van der Waals surface area contributed by atoms with Gasteiger partial charge in [0.2, 0.25) is 11.7 Å². The van der Waals surface area contributed by atoms with E-state index in [2.05, 4.69) is 40.4 Å². The number of amides is 1. The molecule has 0 aliphatic carbocycles. The highest BCUT2D eigenvalue weighted by Crippen LogP contribution is 2.31. The molecule has 3 aromatic rings. The Morgan fingerprint density at radius 2 is 1.85 bits per heavy atom. The van der Waals surface area contributed by atoms with E-state index in [4.69, 9.17) is 14.4 Å². The second kappa shape index (κ2) is 11.7. The molecule has 34 heavy (non-hydrogen) atoms. The lowest BCUT2D eigenvalue weighted by molar-refractivity contribution is -0.124. The maximum absolute atomic E-state index is 11.1. The Labute approximate surface area is 199 Å². The van der Waals surface area contributed by atoms with E-state index in [-0.39, 0.29) is 13.2 Å². The van der Waals surface area contributed by atoms with Crippen molar-refractivity contribution in [2.45, 2.75) is 53.1 Å². The van der Waals surface area contributed by atoms with Crippen molar-refractivity contribution in [3.63, 3.8) is 0 Å². The number of carbonyl (C=O) groups excluding carboxylic acids is 1. The zero-order valence-corrected chi connectivity index (χ0v) is 20.1. The van der Waals surface area contributed by atoms with Gasteiger partial charge in [0.05, 0.1) is 5.56 Å². The second-order valence-electron chi connectivity index (χ2n) is 8.02. The fourth-order valence-corrected chi connectivity index (χ4v) is 3.71. The van der Waals surface area contributed by atoms with Gasteiger partial charge in [0.15, 0.2) is 0 Å². The molecule has 1 amide bonds. The van der Waals surface area contributed by atoms with Crippen molar-refractivity contribution in [1.82, 2.24) is 20.4 Å². The highest BCUT2D eigenvalue weighted by Gasteiger charge is 2.17. The van der Waals surface area contributed by atoms with Gasteiger partial charge in [0, 0.05) is 24.0 Å². The summed E-state index contributed by atoms with van der Waals surface area (Å²) in [6.07, 6.45) is 3.33. The van der Waals surface area contributed by atoms with Crippen LogP contribution in [0.4, 0.5) is 0 Å². The minimum absolute atomic E-state index is 0.00252. The molecule has 0 aliphatic heterocycles. The molecule has 0 saturated heterocycles. The van der Waals surface area contributed by atoms with Crippen LogP contribution >= 0.6 is 0 Å². The van der Waals surface area contributed by atoms with E-state index < -0.39 is 18.6 Å². The van der Waals surface area contributed by atoms with E-state index >= 15 is 0 Å². The average Bonchev–Trinajstić information content (AvgIpc) is 3.35. The molecule has 3 rings (SSSR count). The van der Waals surface area contributed by atoms with Crippen LogP contribution in [0.5, 0.6) is 5.75 Å². The molecule has 0 radical (unpaired) electrons. The van der Waals surface area contributed by atoms with Crippen LogP contribution < -0.4 is 10.1 Å². The molecule has 0 saturated carbocycles. The lowest BCUT2D eigenvalue weighted by Gasteiger charge is -2.17. The number of carbonyl (C=O) groups is 1. The SMILES string of the molecule is CCc1cc(-c2nc(-c3cc(C)c(OC[C@H](O)CNC(=O)CO)c(CC)c3)no2)cnc1CC. The summed E-state index contributed by atoms with van der Waals surface area (Å²) in [5, 5.41) is 25.4. The molecule has 182 valence electrons. The van der Waals surface area contributed by atoms with Crippen molar-refractivity contribution in [2.24, 2.45) is 0 Å². The van der Waals surface area contributed by atoms with Crippen molar-refractivity contribution < 1.29 is 24.3 Å². The number of hydrogen-bond donors (Lipinski definition) is 3. The van der Waals surface area contributed by atoms with Gasteiger partial charge in [-0.1, -0.05) is 25.9 Å². The number of aliphatic hydroxyl groups excluding tert-OH is 2. The first kappa shape index (κ1) is 25.3. The molecule has 1 atom stereocenters. The van der Waals surface area contributed by atoms with Gasteiger partial charge in [-0.2, -0.15) is 4.98 Å². The Hall–Kier alpha value is -3.30. The Morgan fingerprint density at radius 1 is 1.12 bits per heavy atom. The Morgan fingerprint density at radius 3 is 2.53 bits per heavy atom. The topological polar surface area (TPSA) is 131 Å². The number of hydrogen-bond acceptors (Lipinski definition) is 8. The third-order valence-electron chi connectivity index (χ3n) is 5.54. The first-order valence-corrected chi connectivity index (χ1v) is 11.5. The number of pyridine rings is 1. The smallest absolute Gasteiger partial charge is 0.259 e. The second-order valence-corrected chi connectivity index (χ2v) is 8.02. The summed E-state index contributed by atoms with van der Waals surface area (Å²) in [7, 11) is 0. The number of nitrogens with one attached hydrogen (secondary N) is 1. The fourth-order valence-electron chi connectivity index (χ4n) is 3.71. The van der Waals surface area contributed by atoms with E-state index in [1.165, 1.54) is 5.56 Å². The van der Waals surface area contributed by atoms with Gasteiger partial charge in [-0.05, 0) is 61.1 Å². The third kappa shape index (κ3) is 5.98. The van der Waals surface area contributed by atoms with Crippen molar-refractivity contribution in [1.29, 1.82) is 0 Å². The van der Waals surface area contributed by atoms with Crippen LogP contribution in [0.25, 0.3) is 22.8 Å². The molecule has 9 heteroatoms. The van der Waals surface area contributed by atoms with Gasteiger partial charge < -0.3 is 24.8 Å². The summed E-state index contributed by atoms with van der Waals surface area (Å²) in [5.41, 5.74) is 5.66. The summed E-state index contributed by atoms with van der Waals surface area (Å²) in [6, 6.07) is 5.92. The monoisotopic (exact) mass is 468 g/mol. The van der Waals surface area contributed by atoms with Crippen molar-refractivity contribution in [3.05, 3.63) is 46.8 Å². The van der Waals surface area contributed by atoms with E-state index in [1.807, 2.05) is 26.0 Å². The molecule has 9 nitrogen and oxygen atoms in total. The lowest BCUT2D eigenvalue weighted by atomic mass is 10.0. The Bertz CT molecular complexity index is 1130. The molecule has 0 fully saturated rings. The van der Waals surface area contributed by atoms with Crippen molar-refractivity contribution >= 4 is 5.91 Å². The Kier molecular flexibility index (Phi) is 8.72. The quantitative estimate of drug-likeness (QED) is 0.391. The van der Waals surface area contributed by atoms with E-state index in [1.54, 1.807) is 6.20 Å². The van der Waals surface area contributed by atoms with E-state index in [0.29, 0.717) is 23.9 Å². The van der Waals surface area contributed by atoms with Gasteiger partial charge in [-0.25, -0.2) is 0 Å². The average molecular weight is 469 g/mol. The third-order valence-corrected chi connectivity index (χ3v) is 5.54. The summed E-state index contributed by atoms with van der Waals surface area (Å²) < 4.78 is 11.4. The zero-order valence-electron chi connectivity index (χ0n) is 20.1. The molecule has 2 aromatic heterocycles.